The van der Waals surface area contributed by atoms with Gasteiger partial charge in [-0.25, -0.2) is 4.98 Å². The molecule has 6 nitrogen and oxygen atoms in total. The van der Waals surface area contributed by atoms with Gasteiger partial charge in [0.2, 0.25) is 11.0 Å². The van der Waals surface area contributed by atoms with Gasteiger partial charge in [0, 0.05) is 43.0 Å². The van der Waals surface area contributed by atoms with Crippen LogP contribution in [0.5, 0.6) is 0 Å². The van der Waals surface area contributed by atoms with Gasteiger partial charge in [0.05, 0.1) is 13.0 Å². The topological polar surface area (TPSA) is 67.3 Å². The van der Waals surface area contributed by atoms with Crippen LogP contribution in [0.25, 0.3) is 0 Å². The Morgan fingerprint density at radius 3 is 2.86 bits per heavy atom. The fourth-order valence-electron chi connectivity index (χ4n) is 3.49. The molecule has 0 aliphatic carbocycles. The molecule has 1 aromatic heterocycles. The highest BCUT2D eigenvalue weighted by Gasteiger charge is 2.22. The lowest BCUT2D eigenvalue weighted by atomic mass is 10.0. The maximum atomic E-state index is 12.9. The monoisotopic (exact) mass is 408 g/mol. The Kier molecular flexibility index (Phi) is 6.17. The van der Waals surface area contributed by atoms with Crippen molar-refractivity contribution < 1.29 is 9.53 Å². The van der Waals surface area contributed by atoms with Crippen molar-refractivity contribution >= 4 is 33.9 Å². The molecule has 1 aliphatic rings. The maximum absolute atomic E-state index is 12.9. The quantitative estimate of drug-likeness (QED) is 0.640. The second kappa shape index (κ2) is 9.15. The zero-order valence-corrected chi connectivity index (χ0v) is 17.2. The molecule has 0 fully saturated rings. The molecule has 0 unspecified atom stereocenters. The van der Waals surface area contributed by atoms with Crippen LogP contribution >= 0.6 is 11.5 Å². The van der Waals surface area contributed by atoms with E-state index in [0.29, 0.717) is 19.4 Å². The standard InChI is InChI=1S/C22H24N4O2S/c1-28-14-12-20-24-22(29-25-20)23-18-10-8-16(9-11-18)15-21(27)26-13-4-6-17-5-2-3-7-19(17)26/h2-3,5,7-11H,4,6,12-15H2,1H3,(H,23,24,25). The van der Waals surface area contributed by atoms with Gasteiger partial charge in [-0.3, -0.25) is 4.79 Å². The Morgan fingerprint density at radius 2 is 2.03 bits per heavy atom. The van der Waals surface area contributed by atoms with Crippen molar-refractivity contribution in [1.29, 1.82) is 0 Å². The van der Waals surface area contributed by atoms with Gasteiger partial charge in [-0.05, 0) is 42.2 Å². The number of methoxy groups -OCH3 is 1. The molecule has 1 N–H and O–H groups in total. The summed E-state index contributed by atoms with van der Waals surface area (Å²) in [4.78, 5) is 19.3. The summed E-state index contributed by atoms with van der Waals surface area (Å²) in [5.41, 5.74) is 4.25. The number of ether oxygens (including phenoxy) is 1. The van der Waals surface area contributed by atoms with E-state index in [0.717, 1.165) is 47.3 Å². The predicted octanol–water partition coefficient (Wildman–Crippen LogP) is 3.99. The van der Waals surface area contributed by atoms with Gasteiger partial charge in [-0.2, -0.15) is 4.37 Å². The third kappa shape index (κ3) is 4.81. The van der Waals surface area contributed by atoms with E-state index in [1.165, 1.54) is 17.1 Å². The van der Waals surface area contributed by atoms with Gasteiger partial charge in [0.25, 0.3) is 0 Å². The summed E-state index contributed by atoms with van der Waals surface area (Å²) in [6.45, 7) is 1.40. The number of hydrogen-bond donors (Lipinski definition) is 1. The molecule has 0 atom stereocenters. The van der Waals surface area contributed by atoms with Gasteiger partial charge >= 0.3 is 0 Å². The number of amides is 1. The van der Waals surface area contributed by atoms with Gasteiger partial charge in [0.15, 0.2) is 0 Å². The zero-order valence-electron chi connectivity index (χ0n) is 16.4. The van der Waals surface area contributed by atoms with Crippen LogP contribution in [0.2, 0.25) is 0 Å². The van der Waals surface area contributed by atoms with E-state index < -0.39 is 0 Å². The molecule has 0 saturated heterocycles. The van der Waals surface area contributed by atoms with E-state index in [1.54, 1.807) is 7.11 Å². The number of anilines is 3. The molecular formula is C22H24N4O2S. The number of aromatic nitrogens is 2. The number of rotatable bonds is 7. The van der Waals surface area contributed by atoms with Crippen molar-refractivity contribution in [2.75, 3.05) is 30.5 Å². The van der Waals surface area contributed by atoms with E-state index >= 15 is 0 Å². The number of hydrogen-bond acceptors (Lipinski definition) is 6. The summed E-state index contributed by atoms with van der Waals surface area (Å²) < 4.78 is 9.37. The molecule has 29 heavy (non-hydrogen) atoms. The first kappa shape index (κ1) is 19.5. The van der Waals surface area contributed by atoms with E-state index in [1.807, 2.05) is 47.4 Å². The minimum Gasteiger partial charge on any atom is -0.384 e. The fraction of sp³-hybridized carbons (Fsp3) is 0.318. The van der Waals surface area contributed by atoms with Crippen LogP contribution in [0.3, 0.4) is 0 Å². The fourth-order valence-corrected chi connectivity index (χ4v) is 4.13. The Balaban J connectivity index is 1.37. The first-order valence-electron chi connectivity index (χ1n) is 9.78. The van der Waals surface area contributed by atoms with Crippen molar-refractivity contribution in [2.45, 2.75) is 25.7 Å². The summed E-state index contributed by atoms with van der Waals surface area (Å²) in [6, 6.07) is 16.1. The lowest BCUT2D eigenvalue weighted by molar-refractivity contribution is -0.118. The molecular weight excluding hydrogens is 384 g/mol. The summed E-state index contributed by atoms with van der Waals surface area (Å²) in [7, 11) is 1.67. The Hall–Kier alpha value is -2.77. The highest BCUT2D eigenvalue weighted by atomic mass is 32.1. The Bertz CT molecular complexity index is 971. The maximum Gasteiger partial charge on any atom is 0.231 e. The van der Waals surface area contributed by atoms with Crippen LogP contribution in [0, 0.1) is 0 Å². The van der Waals surface area contributed by atoms with Crippen molar-refractivity contribution in [3.63, 3.8) is 0 Å². The normalized spacial score (nSPS) is 13.2. The third-order valence-corrected chi connectivity index (χ3v) is 5.64. The lowest BCUT2D eigenvalue weighted by Gasteiger charge is -2.29. The van der Waals surface area contributed by atoms with Crippen LogP contribution < -0.4 is 10.2 Å². The number of carbonyl (C=O) groups excluding carboxylic acids is 1. The molecule has 0 bridgehead atoms. The largest absolute Gasteiger partial charge is 0.384 e. The Labute approximate surface area is 174 Å². The molecule has 2 heterocycles. The number of benzene rings is 2. The molecule has 7 heteroatoms. The number of fused-ring (bicyclic) bond motifs is 1. The Morgan fingerprint density at radius 1 is 1.21 bits per heavy atom. The lowest BCUT2D eigenvalue weighted by Crippen LogP contribution is -2.36. The first-order valence-corrected chi connectivity index (χ1v) is 10.6. The molecule has 150 valence electrons. The number of aryl methyl sites for hydroxylation is 1. The average molecular weight is 409 g/mol. The summed E-state index contributed by atoms with van der Waals surface area (Å²) >= 11 is 1.33. The second-order valence-electron chi connectivity index (χ2n) is 7.03. The third-order valence-electron chi connectivity index (χ3n) is 4.97. The zero-order chi connectivity index (χ0) is 20.1. The number of nitrogens with zero attached hydrogens (tertiary/aromatic N) is 3. The summed E-state index contributed by atoms with van der Waals surface area (Å²) in [5.74, 6) is 0.924. The SMILES string of the molecule is COCCc1nsc(Nc2ccc(CC(=O)N3CCCc4ccccc43)cc2)n1. The van der Waals surface area contributed by atoms with E-state index in [4.69, 9.17) is 4.74 Å². The molecule has 0 spiro atoms. The number of para-hydroxylation sites is 1. The average Bonchev–Trinajstić information content (AvgIpc) is 3.20. The smallest absolute Gasteiger partial charge is 0.231 e. The molecule has 1 aliphatic heterocycles. The van der Waals surface area contributed by atoms with Crippen LogP contribution in [-0.2, 0) is 28.8 Å². The van der Waals surface area contributed by atoms with Gasteiger partial charge in [-0.1, -0.05) is 30.3 Å². The van der Waals surface area contributed by atoms with Crippen LogP contribution in [0.15, 0.2) is 48.5 Å². The minimum atomic E-state index is 0.143. The van der Waals surface area contributed by atoms with Crippen molar-refractivity contribution in [3.05, 3.63) is 65.5 Å². The molecule has 2 aromatic carbocycles. The van der Waals surface area contributed by atoms with Crippen LogP contribution in [0.4, 0.5) is 16.5 Å². The predicted molar refractivity (Wildman–Crippen MR) is 116 cm³/mol. The van der Waals surface area contributed by atoms with E-state index in [-0.39, 0.29) is 5.91 Å². The first-order chi connectivity index (χ1) is 14.2. The van der Waals surface area contributed by atoms with E-state index in [9.17, 15) is 4.79 Å². The van der Waals surface area contributed by atoms with Crippen molar-refractivity contribution in [1.82, 2.24) is 9.36 Å². The van der Waals surface area contributed by atoms with Crippen molar-refractivity contribution in [3.8, 4) is 0 Å². The van der Waals surface area contributed by atoms with Gasteiger partial charge in [-0.15, -0.1) is 0 Å². The van der Waals surface area contributed by atoms with Crippen molar-refractivity contribution in [2.24, 2.45) is 0 Å². The molecule has 4 rings (SSSR count). The van der Waals surface area contributed by atoms with Gasteiger partial charge < -0.3 is 15.0 Å². The highest BCUT2D eigenvalue weighted by Crippen LogP contribution is 2.27. The summed E-state index contributed by atoms with van der Waals surface area (Å²) in [6.07, 6.45) is 3.16. The molecule has 3 aromatic rings. The number of nitrogens with one attached hydrogen (secondary N) is 1. The second-order valence-corrected chi connectivity index (χ2v) is 7.79. The summed E-state index contributed by atoms with van der Waals surface area (Å²) in [5, 5.41) is 4.02. The molecule has 0 radical (unpaired) electrons. The van der Waals surface area contributed by atoms with E-state index in [2.05, 4.69) is 20.7 Å². The van der Waals surface area contributed by atoms with Gasteiger partial charge in [0.1, 0.15) is 5.82 Å². The van der Waals surface area contributed by atoms with Crippen LogP contribution in [0.1, 0.15) is 23.4 Å². The number of carbonyl (C=O) groups is 1. The molecule has 1 amide bonds. The highest BCUT2D eigenvalue weighted by molar-refractivity contribution is 7.09. The van der Waals surface area contributed by atoms with Crippen LogP contribution in [-0.4, -0.2) is 35.5 Å². The molecule has 0 saturated carbocycles. The minimum absolute atomic E-state index is 0.143.